The molecule has 1 fully saturated rings. The number of nitrogens with two attached hydrogens (primary N) is 1. The zero-order chi connectivity index (χ0) is 12.3. The van der Waals surface area contributed by atoms with Gasteiger partial charge in [-0.1, -0.05) is 25.7 Å². The highest BCUT2D eigenvalue weighted by Crippen LogP contribution is 2.32. The Morgan fingerprint density at radius 2 is 1.76 bits per heavy atom. The lowest BCUT2D eigenvalue weighted by Gasteiger charge is -2.20. The van der Waals surface area contributed by atoms with E-state index in [9.17, 15) is 8.78 Å². The van der Waals surface area contributed by atoms with E-state index in [1.165, 1.54) is 37.8 Å². The highest BCUT2D eigenvalue weighted by molar-refractivity contribution is 5.21. The van der Waals surface area contributed by atoms with Crippen LogP contribution >= 0.6 is 0 Å². The zero-order valence-corrected chi connectivity index (χ0v) is 9.76. The maximum atomic E-state index is 13.1. The van der Waals surface area contributed by atoms with Gasteiger partial charge in [0.15, 0.2) is 0 Å². The van der Waals surface area contributed by atoms with E-state index < -0.39 is 11.6 Å². The average molecular weight is 240 g/mol. The lowest BCUT2D eigenvalue weighted by Crippen LogP contribution is -2.29. The van der Waals surface area contributed by atoms with Crippen LogP contribution in [0.15, 0.2) is 18.2 Å². The van der Waals surface area contributed by atoms with Gasteiger partial charge in [0, 0.05) is 12.1 Å². The van der Waals surface area contributed by atoms with Crippen LogP contribution in [0.25, 0.3) is 0 Å². The summed E-state index contributed by atoms with van der Waals surface area (Å²) in [4.78, 5) is 0. The summed E-state index contributed by atoms with van der Waals surface area (Å²) < 4.78 is 26.3. The van der Waals surface area contributed by atoms with Crippen molar-refractivity contribution in [1.82, 2.24) is 5.43 Å². The molecule has 2 nitrogen and oxygen atoms in total. The Kier molecular flexibility index (Phi) is 4.07. The molecule has 1 unspecified atom stereocenters. The summed E-state index contributed by atoms with van der Waals surface area (Å²) in [5, 5.41) is 0. The molecule has 1 aliphatic carbocycles. The van der Waals surface area contributed by atoms with E-state index in [0.717, 1.165) is 12.5 Å². The largest absolute Gasteiger partial charge is 0.271 e. The zero-order valence-electron chi connectivity index (χ0n) is 9.76. The Hall–Kier alpha value is -1.00. The Morgan fingerprint density at radius 3 is 2.29 bits per heavy atom. The monoisotopic (exact) mass is 240 g/mol. The van der Waals surface area contributed by atoms with Crippen LogP contribution in [0.3, 0.4) is 0 Å². The Morgan fingerprint density at radius 1 is 1.18 bits per heavy atom. The normalized spacial score (nSPS) is 18.5. The van der Waals surface area contributed by atoms with E-state index in [4.69, 9.17) is 5.84 Å². The predicted octanol–water partition coefficient (Wildman–Crippen LogP) is 3.05. The van der Waals surface area contributed by atoms with Crippen LogP contribution in [0, 0.1) is 17.6 Å². The molecule has 0 aliphatic heterocycles. The van der Waals surface area contributed by atoms with Crippen LogP contribution in [0.5, 0.6) is 0 Å². The molecule has 0 bridgehead atoms. The molecule has 0 heterocycles. The summed E-state index contributed by atoms with van der Waals surface area (Å²) in [6.45, 7) is 0. The van der Waals surface area contributed by atoms with Crippen molar-refractivity contribution in [2.24, 2.45) is 11.8 Å². The number of nitrogens with one attached hydrogen (secondary N) is 1. The summed E-state index contributed by atoms with van der Waals surface area (Å²) in [6, 6.07) is 3.42. The molecule has 94 valence electrons. The maximum Gasteiger partial charge on any atom is 0.126 e. The third-order valence-corrected chi connectivity index (χ3v) is 3.53. The molecule has 0 spiro atoms. The molecule has 0 amide bonds. The Labute approximate surface area is 100 Å². The van der Waals surface area contributed by atoms with Crippen molar-refractivity contribution in [3.05, 3.63) is 35.4 Å². The molecule has 1 aromatic carbocycles. The topological polar surface area (TPSA) is 38.0 Å². The van der Waals surface area contributed by atoms with Crippen LogP contribution in [0.2, 0.25) is 0 Å². The van der Waals surface area contributed by atoms with Gasteiger partial charge >= 0.3 is 0 Å². The third-order valence-electron chi connectivity index (χ3n) is 3.53. The predicted molar refractivity (Wildman–Crippen MR) is 63.0 cm³/mol. The second kappa shape index (κ2) is 5.56. The number of hydrazine groups is 1. The minimum atomic E-state index is -0.549. The molecular weight excluding hydrogens is 222 g/mol. The van der Waals surface area contributed by atoms with Gasteiger partial charge in [-0.2, -0.15) is 0 Å². The first-order valence-corrected chi connectivity index (χ1v) is 6.11. The van der Waals surface area contributed by atoms with Gasteiger partial charge in [-0.3, -0.25) is 11.3 Å². The molecule has 1 aliphatic rings. The van der Waals surface area contributed by atoms with Gasteiger partial charge in [0.05, 0.1) is 0 Å². The van der Waals surface area contributed by atoms with Gasteiger partial charge in [-0.25, -0.2) is 8.78 Å². The Bertz CT molecular complexity index is 355. The van der Waals surface area contributed by atoms with Crippen molar-refractivity contribution >= 4 is 0 Å². The number of hydrogen-bond donors (Lipinski definition) is 2. The summed E-state index contributed by atoms with van der Waals surface area (Å²) >= 11 is 0. The van der Waals surface area contributed by atoms with E-state index >= 15 is 0 Å². The summed E-state index contributed by atoms with van der Waals surface area (Å²) in [5.74, 6) is 5.00. The van der Waals surface area contributed by atoms with Gasteiger partial charge in [0.2, 0.25) is 0 Å². The van der Waals surface area contributed by atoms with Gasteiger partial charge < -0.3 is 0 Å². The van der Waals surface area contributed by atoms with Crippen molar-refractivity contribution in [1.29, 1.82) is 0 Å². The summed E-state index contributed by atoms with van der Waals surface area (Å²) in [6.07, 6.45) is 5.73. The molecular formula is C13H18F2N2. The first kappa shape index (κ1) is 12.5. The van der Waals surface area contributed by atoms with E-state index in [0.29, 0.717) is 11.5 Å². The smallest absolute Gasteiger partial charge is 0.126 e. The maximum absolute atomic E-state index is 13.1. The second-order valence-corrected chi connectivity index (χ2v) is 4.81. The van der Waals surface area contributed by atoms with Crippen LogP contribution in [-0.4, -0.2) is 0 Å². The standard InChI is InChI=1S/C13H18F2N2/c14-11-6-10(7-12(15)8-11)13(17-16)5-9-3-1-2-4-9/h6-9,13,17H,1-5,16H2. The molecule has 17 heavy (non-hydrogen) atoms. The van der Waals surface area contributed by atoms with E-state index in [2.05, 4.69) is 5.43 Å². The van der Waals surface area contributed by atoms with E-state index in [-0.39, 0.29) is 6.04 Å². The SMILES string of the molecule is NNC(CC1CCCC1)c1cc(F)cc(F)c1. The summed E-state index contributed by atoms with van der Waals surface area (Å²) in [5.41, 5.74) is 3.26. The fourth-order valence-corrected chi connectivity index (χ4v) is 2.66. The fraction of sp³-hybridized carbons (Fsp3) is 0.538. The van der Waals surface area contributed by atoms with E-state index in [1.807, 2.05) is 0 Å². The molecule has 4 heteroatoms. The quantitative estimate of drug-likeness (QED) is 0.627. The molecule has 3 N–H and O–H groups in total. The van der Waals surface area contributed by atoms with Crippen LogP contribution in [0.1, 0.15) is 43.7 Å². The minimum Gasteiger partial charge on any atom is -0.271 e. The fourth-order valence-electron chi connectivity index (χ4n) is 2.66. The molecule has 1 atom stereocenters. The lowest BCUT2D eigenvalue weighted by molar-refractivity contribution is 0.397. The van der Waals surface area contributed by atoms with Crippen LogP contribution in [-0.2, 0) is 0 Å². The third kappa shape index (κ3) is 3.23. The van der Waals surface area contributed by atoms with Crippen molar-refractivity contribution < 1.29 is 8.78 Å². The van der Waals surface area contributed by atoms with Crippen LogP contribution < -0.4 is 11.3 Å². The van der Waals surface area contributed by atoms with Crippen LogP contribution in [0.4, 0.5) is 8.78 Å². The highest BCUT2D eigenvalue weighted by atomic mass is 19.1. The minimum absolute atomic E-state index is 0.164. The summed E-state index contributed by atoms with van der Waals surface area (Å²) in [7, 11) is 0. The van der Waals surface area contributed by atoms with E-state index in [1.54, 1.807) is 0 Å². The van der Waals surface area contributed by atoms with Gasteiger partial charge in [-0.15, -0.1) is 0 Å². The molecule has 0 radical (unpaired) electrons. The molecule has 0 aromatic heterocycles. The van der Waals surface area contributed by atoms with Gasteiger partial charge in [-0.05, 0) is 30.0 Å². The van der Waals surface area contributed by atoms with Gasteiger partial charge in [0.1, 0.15) is 11.6 Å². The Balaban J connectivity index is 2.10. The molecule has 0 saturated heterocycles. The lowest BCUT2D eigenvalue weighted by atomic mass is 9.94. The number of hydrogen-bond acceptors (Lipinski definition) is 2. The van der Waals surface area contributed by atoms with Crippen molar-refractivity contribution in [3.63, 3.8) is 0 Å². The highest BCUT2D eigenvalue weighted by Gasteiger charge is 2.21. The molecule has 2 rings (SSSR count). The first-order valence-electron chi connectivity index (χ1n) is 6.11. The number of benzene rings is 1. The molecule has 1 saturated carbocycles. The number of rotatable bonds is 4. The van der Waals surface area contributed by atoms with Crippen molar-refractivity contribution in [2.75, 3.05) is 0 Å². The second-order valence-electron chi connectivity index (χ2n) is 4.81. The van der Waals surface area contributed by atoms with Crippen molar-refractivity contribution in [2.45, 2.75) is 38.1 Å². The first-order chi connectivity index (χ1) is 8.19. The average Bonchev–Trinajstić information content (AvgIpc) is 2.77. The van der Waals surface area contributed by atoms with Crippen molar-refractivity contribution in [3.8, 4) is 0 Å². The number of halogens is 2. The van der Waals surface area contributed by atoms with Gasteiger partial charge in [0.25, 0.3) is 0 Å². The molecule has 1 aromatic rings.